The van der Waals surface area contributed by atoms with E-state index in [2.05, 4.69) is 10.4 Å². The number of hydrogen-bond acceptors (Lipinski definition) is 6. The highest BCUT2D eigenvalue weighted by Crippen LogP contribution is 2.37. The van der Waals surface area contributed by atoms with Crippen LogP contribution in [0.1, 0.15) is 56.2 Å². The molecule has 1 aliphatic rings. The zero-order valence-electron chi connectivity index (χ0n) is 22.5. The predicted molar refractivity (Wildman–Crippen MR) is 143 cm³/mol. The van der Waals surface area contributed by atoms with Crippen LogP contribution in [0.4, 0.5) is 13.2 Å². The number of ether oxygens (including phenoxy) is 1. The fraction of sp³-hybridized carbons (Fsp3) is 0.393. The number of carbonyl (C=O) groups is 3. The van der Waals surface area contributed by atoms with Crippen LogP contribution in [-0.4, -0.2) is 44.7 Å². The molecular formula is C28H28ClF3N4O5. The number of alkyl halides is 3. The lowest BCUT2D eigenvalue weighted by molar-refractivity contribution is -0.149. The lowest BCUT2D eigenvalue weighted by atomic mass is 9.90. The number of Topliss-reactive ketones (excluding diaryl/α,β-unsaturated/α-hetero) is 1. The number of methoxy groups -OCH3 is 1. The number of hydrogen-bond donors (Lipinski definition) is 1. The van der Waals surface area contributed by atoms with Crippen LogP contribution in [-0.2, 0) is 31.8 Å². The van der Waals surface area contributed by atoms with E-state index in [1.54, 1.807) is 24.3 Å². The number of nitrogens with zero attached hydrogens (tertiary/aromatic N) is 3. The Labute approximate surface area is 238 Å². The zero-order valence-corrected chi connectivity index (χ0v) is 23.3. The first-order chi connectivity index (χ1) is 19.2. The number of rotatable bonds is 10. The molecule has 41 heavy (non-hydrogen) atoms. The first-order valence-corrected chi connectivity index (χ1v) is 13.1. The number of halogens is 4. The molecule has 1 fully saturated rings. The molecule has 218 valence electrons. The second-order valence-corrected chi connectivity index (χ2v) is 10.8. The van der Waals surface area contributed by atoms with Crippen LogP contribution >= 0.6 is 11.6 Å². The van der Waals surface area contributed by atoms with E-state index in [0.717, 1.165) is 42.8 Å². The first kappa shape index (κ1) is 30.0. The third kappa shape index (κ3) is 6.87. The van der Waals surface area contributed by atoms with Crippen molar-refractivity contribution < 1.29 is 32.3 Å². The second kappa shape index (κ2) is 11.5. The molecule has 0 bridgehead atoms. The van der Waals surface area contributed by atoms with E-state index in [0.29, 0.717) is 16.4 Å². The molecule has 13 heteroatoms. The van der Waals surface area contributed by atoms with E-state index in [9.17, 15) is 32.3 Å². The highest BCUT2D eigenvalue weighted by molar-refractivity contribution is 6.30. The summed E-state index contributed by atoms with van der Waals surface area (Å²) >= 11 is 5.98. The Bertz CT molecular complexity index is 1520. The lowest BCUT2D eigenvalue weighted by Gasteiger charge is -2.26. The van der Waals surface area contributed by atoms with Crippen molar-refractivity contribution in [2.75, 3.05) is 7.11 Å². The summed E-state index contributed by atoms with van der Waals surface area (Å²) in [6, 6.07) is 10.7. The SMILES string of the molecule is COC(=O)C(C)(C)NC(=O)C(CC(=O)Cn1nc(-c2ccc(Cl)cc2)n(C2CC2)c1=O)c1cccc(C(F)(F)F)c1. The highest BCUT2D eigenvalue weighted by Gasteiger charge is 2.37. The molecule has 1 saturated carbocycles. The number of amides is 1. The molecule has 4 rings (SSSR count). The van der Waals surface area contributed by atoms with Crippen molar-refractivity contribution in [3.8, 4) is 11.4 Å². The summed E-state index contributed by atoms with van der Waals surface area (Å²) in [5.74, 6) is -3.30. The van der Waals surface area contributed by atoms with Crippen LogP contribution in [0, 0.1) is 0 Å². The average molecular weight is 593 g/mol. The van der Waals surface area contributed by atoms with Crippen LogP contribution < -0.4 is 11.0 Å². The van der Waals surface area contributed by atoms with Gasteiger partial charge < -0.3 is 10.1 Å². The molecule has 1 atom stereocenters. The topological polar surface area (TPSA) is 112 Å². The second-order valence-electron chi connectivity index (χ2n) is 10.4. The molecule has 0 aliphatic heterocycles. The van der Waals surface area contributed by atoms with Gasteiger partial charge in [0.1, 0.15) is 12.1 Å². The van der Waals surface area contributed by atoms with Gasteiger partial charge in [-0.15, -0.1) is 5.10 Å². The van der Waals surface area contributed by atoms with Crippen molar-refractivity contribution in [3.63, 3.8) is 0 Å². The van der Waals surface area contributed by atoms with Crippen LogP contribution in [0.5, 0.6) is 0 Å². The predicted octanol–water partition coefficient (Wildman–Crippen LogP) is 4.53. The van der Waals surface area contributed by atoms with E-state index in [-0.39, 0.29) is 11.6 Å². The molecule has 9 nitrogen and oxygen atoms in total. The Balaban J connectivity index is 1.64. The number of nitrogens with one attached hydrogen (secondary N) is 1. The third-order valence-corrected chi connectivity index (χ3v) is 6.96. The fourth-order valence-electron chi connectivity index (χ4n) is 4.44. The molecule has 0 saturated heterocycles. The van der Waals surface area contributed by atoms with Gasteiger partial charge in [0.25, 0.3) is 0 Å². The standard InChI is InChI=1S/C28H28ClF3N4O5/c1-27(2,25(39)41-3)33-24(38)22(17-5-4-6-18(13-17)28(30,31)32)14-21(37)15-35-26(40)36(20-11-12-20)23(34-35)16-7-9-19(29)10-8-16/h4-10,13,20,22H,11-12,14-15H2,1-3H3,(H,33,38). The number of esters is 1. The minimum atomic E-state index is -4.69. The molecule has 3 aromatic rings. The van der Waals surface area contributed by atoms with Crippen molar-refractivity contribution in [1.82, 2.24) is 19.7 Å². The average Bonchev–Trinajstić information content (AvgIpc) is 3.70. The molecule has 1 unspecified atom stereocenters. The quantitative estimate of drug-likeness (QED) is 0.346. The van der Waals surface area contributed by atoms with Gasteiger partial charge in [-0.25, -0.2) is 14.3 Å². The monoisotopic (exact) mass is 592 g/mol. The fourth-order valence-corrected chi connectivity index (χ4v) is 4.56. The largest absolute Gasteiger partial charge is 0.467 e. The summed E-state index contributed by atoms with van der Waals surface area (Å²) in [5.41, 5.74) is -2.50. The maximum atomic E-state index is 13.4. The van der Waals surface area contributed by atoms with Gasteiger partial charge in [0, 0.05) is 23.0 Å². The van der Waals surface area contributed by atoms with Crippen molar-refractivity contribution in [1.29, 1.82) is 0 Å². The molecule has 1 heterocycles. The number of benzene rings is 2. The summed E-state index contributed by atoms with van der Waals surface area (Å²) < 4.78 is 47.5. The van der Waals surface area contributed by atoms with Crippen molar-refractivity contribution in [2.24, 2.45) is 0 Å². The summed E-state index contributed by atoms with van der Waals surface area (Å²) in [7, 11) is 1.13. The lowest BCUT2D eigenvalue weighted by Crippen LogP contribution is -2.52. The van der Waals surface area contributed by atoms with Gasteiger partial charge in [0.2, 0.25) is 5.91 Å². The minimum absolute atomic E-state index is 0.0683. The summed E-state index contributed by atoms with van der Waals surface area (Å²) in [6.45, 7) is 2.22. The van der Waals surface area contributed by atoms with Gasteiger partial charge in [-0.3, -0.25) is 14.2 Å². The summed E-state index contributed by atoms with van der Waals surface area (Å²) in [4.78, 5) is 51.9. The summed E-state index contributed by atoms with van der Waals surface area (Å²) in [6.07, 6.45) is -3.70. The van der Waals surface area contributed by atoms with E-state index < -0.39 is 59.5 Å². The molecular weight excluding hydrogens is 565 g/mol. The molecule has 1 amide bonds. The molecule has 2 aromatic carbocycles. The first-order valence-electron chi connectivity index (χ1n) is 12.8. The number of ketones is 1. The van der Waals surface area contributed by atoms with E-state index in [4.69, 9.17) is 16.3 Å². The molecule has 1 N–H and O–H groups in total. The van der Waals surface area contributed by atoms with Crippen molar-refractivity contribution in [3.05, 3.63) is 75.2 Å². The van der Waals surface area contributed by atoms with Crippen LogP contribution in [0.3, 0.4) is 0 Å². The molecule has 0 radical (unpaired) electrons. The smallest absolute Gasteiger partial charge is 0.416 e. The highest BCUT2D eigenvalue weighted by atomic mass is 35.5. The van der Waals surface area contributed by atoms with Gasteiger partial charge in [-0.05, 0) is 62.6 Å². The Kier molecular flexibility index (Phi) is 8.44. The van der Waals surface area contributed by atoms with Gasteiger partial charge in [0.05, 0.1) is 18.6 Å². The van der Waals surface area contributed by atoms with Gasteiger partial charge in [0.15, 0.2) is 11.6 Å². The maximum Gasteiger partial charge on any atom is 0.416 e. The Hall–Kier alpha value is -3.93. The van der Waals surface area contributed by atoms with Crippen molar-refractivity contribution >= 4 is 29.3 Å². The molecule has 1 aromatic heterocycles. The third-order valence-electron chi connectivity index (χ3n) is 6.71. The van der Waals surface area contributed by atoms with Gasteiger partial charge in [-0.2, -0.15) is 13.2 Å². The van der Waals surface area contributed by atoms with Crippen molar-refractivity contribution in [2.45, 2.75) is 63.3 Å². The van der Waals surface area contributed by atoms with Gasteiger partial charge >= 0.3 is 17.8 Å². The normalized spacial score (nSPS) is 14.4. The van der Waals surface area contributed by atoms with E-state index >= 15 is 0 Å². The van der Waals surface area contributed by atoms with Crippen LogP contribution in [0.25, 0.3) is 11.4 Å². The Morgan fingerprint density at radius 2 is 1.78 bits per heavy atom. The zero-order chi connectivity index (χ0) is 30.1. The van der Waals surface area contributed by atoms with E-state index in [1.807, 2.05) is 0 Å². The minimum Gasteiger partial charge on any atom is -0.467 e. The van der Waals surface area contributed by atoms with E-state index in [1.165, 1.54) is 24.5 Å². The summed E-state index contributed by atoms with van der Waals surface area (Å²) in [5, 5.41) is 7.33. The Morgan fingerprint density at radius 1 is 1.12 bits per heavy atom. The van der Waals surface area contributed by atoms with Crippen LogP contribution in [0.15, 0.2) is 53.3 Å². The van der Waals surface area contributed by atoms with Gasteiger partial charge in [-0.1, -0.05) is 29.8 Å². The Morgan fingerprint density at radius 3 is 2.37 bits per heavy atom. The molecule has 1 aliphatic carbocycles. The number of carbonyl (C=O) groups excluding carboxylic acids is 3. The van der Waals surface area contributed by atoms with Crippen LogP contribution in [0.2, 0.25) is 5.02 Å². The number of aromatic nitrogens is 3. The molecule has 0 spiro atoms. The maximum absolute atomic E-state index is 13.4.